The summed E-state index contributed by atoms with van der Waals surface area (Å²) in [6, 6.07) is 0. The first-order chi connectivity index (χ1) is 10.9. The van der Waals surface area contributed by atoms with Crippen molar-refractivity contribution in [2.24, 2.45) is 0 Å². The van der Waals surface area contributed by atoms with Crippen LogP contribution in [-0.4, -0.2) is 64.8 Å². The van der Waals surface area contributed by atoms with Gasteiger partial charge in [-0.05, 0) is 25.7 Å². The fourth-order valence-corrected chi connectivity index (χ4v) is 2.61. The fraction of sp³-hybridized carbons (Fsp3) is 0.875. The zero-order chi connectivity index (χ0) is 15.5. The molecule has 128 valence electrons. The third-order valence-electron chi connectivity index (χ3n) is 3.69. The Morgan fingerprint density at radius 1 is 0.818 bits per heavy atom. The summed E-state index contributed by atoms with van der Waals surface area (Å²) in [7, 11) is 0. The van der Waals surface area contributed by atoms with Crippen LogP contribution in [0.5, 0.6) is 0 Å². The number of halogens is 1. The zero-order valence-electron chi connectivity index (χ0n) is 13.1. The molecular weight excluding hydrogens is 291 g/mol. The van der Waals surface area contributed by atoms with Crippen LogP contribution >= 0.6 is 0 Å². The molecule has 0 spiro atoms. The summed E-state index contributed by atoms with van der Waals surface area (Å²) < 4.78 is 39.3. The Hall–Kier alpha value is -0.530. The summed E-state index contributed by atoms with van der Waals surface area (Å²) in [5.41, 5.74) is 0. The van der Waals surface area contributed by atoms with Gasteiger partial charge in [0.15, 0.2) is 6.29 Å². The zero-order valence-corrected chi connectivity index (χ0v) is 13.1. The van der Waals surface area contributed by atoms with Crippen LogP contribution in [0.15, 0.2) is 12.2 Å². The van der Waals surface area contributed by atoms with Crippen LogP contribution < -0.4 is 0 Å². The number of alkyl halides is 1. The molecule has 1 fully saturated rings. The summed E-state index contributed by atoms with van der Waals surface area (Å²) in [4.78, 5) is 0. The largest absolute Gasteiger partial charge is 0.377 e. The Morgan fingerprint density at radius 3 is 1.95 bits per heavy atom. The van der Waals surface area contributed by atoms with Crippen LogP contribution in [0.3, 0.4) is 0 Å². The predicted octanol–water partition coefficient (Wildman–Crippen LogP) is 2.25. The van der Waals surface area contributed by atoms with Crippen molar-refractivity contribution in [2.45, 2.75) is 44.2 Å². The average molecular weight is 318 g/mol. The first-order valence-corrected chi connectivity index (χ1v) is 8.15. The van der Waals surface area contributed by atoms with Gasteiger partial charge in [0.05, 0.1) is 51.8 Å². The van der Waals surface area contributed by atoms with Gasteiger partial charge in [0.25, 0.3) is 0 Å². The third-order valence-corrected chi connectivity index (χ3v) is 3.69. The van der Waals surface area contributed by atoms with Crippen molar-refractivity contribution < 1.29 is 28.1 Å². The SMILES string of the molecule is FCCOCCOCCOC[C@H]1O[C@H]2CC/C=C/CC[C@H]2O1. The highest BCUT2D eigenvalue weighted by atomic mass is 19.1. The molecule has 1 aliphatic heterocycles. The van der Waals surface area contributed by atoms with Crippen LogP contribution in [0.2, 0.25) is 0 Å². The molecule has 1 saturated heterocycles. The van der Waals surface area contributed by atoms with Gasteiger partial charge >= 0.3 is 0 Å². The van der Waals surface area contributed by atoms with Crippen LogP contribution in [0, 0.1) is 0 Å². The second-order valence-electron chi connectivity index (χ2n) is 5.39. The predicted molar refractivity (Wildman–Crippen MR) is 79.6 cm³/mol. The summed E-state index contributed by atoms with van der Waals surface area (Å²) in [5.74, 6) is 0. The van der Waals surface area contributed by atoms with Crippen LogP contribution in [0.4, 0.5) is 4.39 Å². The highest BCUT2D eigenvalue weighted by molar-refractivity contribution is 4.90. The summed E-state index contributed by atoms with van der Waals surface area (Å²) in [6.45, 7) is 1.96. The molecule has 2 aliphatic rings. The molecule has 0 aromatic carbocycles. The van der Waals surface area contributed by atoms with Crippen molar-refractivity contribution in [1.29, 1.82) is 0 Å². The Morgan fingerprint density at radius 2 is 1.36 bits per heavy atom. The molecule has 0 amide bonds. The summed E-state index contributed by atoms with van der Waals surface area (Å²) in [6.07, 6.45) is 8.70. The van der Waals surface area contributed by atoms with Crippen LogP contribution in [0.25, 0.3) is 0 Å². The van der Waals surface area contributed by atoms with E-state index in [-0.39, 0.29) is 25.1 Å². The molecule has 0 N–H and O–H groups in total. The molecule has 0 saturated carbocycles. The van der Waals surface area contributed by atoms with Crippen molar-refractivity contribution in [2.75, 3.05) is 46.3 Å². The van der Waals surface area contributed by atoms with Gasteiger partial charge in [-0.1, -0.05) is 12.2 Å². The van der Waals surface area contributed by atoms with Gasteiger partial charge in [0.2, 0.25) is 0 Å². The molecule has 22 heavy (non-hydrogen) atoms. The van der Waals surface area contributed by atoms with Crippen molar-refractivity contribution in [3.05, 3.63) is 12.2 Å². The lowest BCUT2D eigenvalue weighted by Gasteiger charge is -2.16. The number of hydrogen-bond donors (Lipinski definition) is 0. The quantitative estimate of drug-likeness (QED) is 0.457. The van der Waals surface area contributed by atoms with E-state index >= 15 is 0 Å². The van der Waals surface area contributed by atoms with Crippen molar-refractivity contribution in [3.63, 3.8) is 0 Å². The van der Waals surface area contributed by atoms with E-state index in [0.29, 0.717) is 33.0 Å². The van der Waals surface area contributed by atoms with Gasteiger partial charge in [0, 0.05) is 0 Å². The monoisotopic (exact) mass is 318 g/mol. The Balaban J connectivity index is 1.46. The standard InChI is InChI=1S/C16H27FO5/c17-7-8-18-9-10-19-11-12-20-13-16-21-14-5-3-1-2-4-6-15(14)22-16/h1-2,14-16H,3-13H2/b2-1+/t14-,15+,16-. The Bertz CT molecular complexity index is 295. The molecule has 0 radical (unpaired) electrons. The lowest BCUT2D eigenvalue weighted by molar-refractivity contribution is -0.117. The minimum atomic E-state index is -0.456. The molecule has 2 rings (SSSR count). The Kier molecular flexibility index (Phi) is 8.97. The van der Waals surface area contributed by atoms with E-state index < -0.39 is 6.67 Å². The van der Waals surface area contributed by atoms with E-state index in [1.54, 1.807) is 0 Å². The van der Waals surface area contributed by atoms with Gasteiger partial charge in [-0.15, -0.1) is 0 Å². The molecule has 0 unspecified atom stereocenters. The fourth-order valence-electron chi connectivity index (χ4n) is 2.61. The number of allylic oxidation sites excluding steroid dienone is 2. The molecule has 0 aromatic rings. The topological polar surface area (TPSA) is 46.2 Å². The average Bonchev–Trinajstić information content (AvgIpc) is 2.87. The van der Waals surface area contributed by atoms with Gasteiger partial charge < -0.3 is 23.7 Å². The van der Waals surface area contributed by atoms with E-state index in [9.17, 15) is 4.39 Å². The van der Waals surface area contributed by atoms with E-state index in [2.05, 4.69) is 12.2 Å². The maximum atomic E-state index is 11.8. The summed E-state index contributed by atoms with van der Waals surface area (Å²) >= 11 is 0. The second kappa shape index (κ2) is 11.1. The normalized spacial score (nSPS) is 29.8. The van der Waals surface area contributed by atoms with E-state index in [0.717, 1.165) is 25.7 Å². The number of rotatable bonds is 10. The molecular formula is C16H27FO5. The maximum absolute atomic E-state index is 11.8. The van der Waals surface area contributed by atoms with Crippen LogP contribution in [0.1, 0.15) is 25.7 Å². The first kappa shape index (κ1) is 17.8. The number of hydrogen-bond acceptors (Lipinski definition) is 5. The molecule has 1 aliphatic carbocycles. The smallest absolute Gasteiger partial charge is 0.181 e. The molecule has 0 aromatic heterocycles. The van der Waals surface area contributed by atoms with Gasteiger partial charge in [0.1, 0.15) is 6.67 Å². The molecule has 0 bridgehead atoms. The lowest BCUT2D eigenvalue weighted by Crippen LogP contribution is -2.22. The highest BCUT2D eigenvalue weighted by Crippen LogP contribution is 2.28. The molecule has 1 heterocycles. The van der Waals surface area contributed by atoms with Crippen molar-refractivity contribution in [3.8, 4) is 0 Å². The van der Waals surface area contributed by atoms with Gasteiger partial charge in [-0.3, -0.25) is 0 Å². The van der Waals surface area contributed by atoms with E-state index in [4.69, 9.17) is 23.7 Å². The summed E-state index contributed by atoms with van der Waals surface area (Å²) in [5, 5.41) is 0. The van der Waals surface area contributed by atoms with Crippen LogP contribution in [-0.2, 0) is 23.7 Å². The first-order valence-electron chi connectivity index (χ1n) is 8.15. The van der Waals surface area contributed by atoms with E-state index in [1.165, 1.54) is 0 Å². The van der Waals surface area contributed by atoms with Crippen molar-refractivity contribution >= 4 is 0 Å². The number of fused-ring (bicyclic) bond motifs is 1. The molecule has 5 nitrogen and oxygen atoms in total. The molecule has 3 atom stereocenters. The highest BCUT2D eigenvalue weighted by Gasteiger charge is 2.35. The molecule has 6 heteroatoms. The minimum absolute atomic E-state index is 0.133. The Labute approximate surface area is 131 Å². The van der Waals surface area contributed by atoms with E-state index in [1.807, 2.05) is 0 Å². The third kappa shape index (κ3) is 6.71. The lowest BCUT2D eigenvalue weighted by atomic mass is 10.0. The second-order valence-corrected chi connectivity index (χ2v) is 5.39. The minimum Gasteiger partial charge on any atom is -0.377 e. The number of ether oxygens (including phenoxy) is 5. The van der Waals surface area contributed by atoms with Gasteiger partial charge in [-0.25, -0.2) is 4.39 Å². The maximum Gasteiger partial charge on any atom is 0.181 e. The van der Waals surface area contributed by atoms with Crippen molar-refractivity contribution in [1.82, 2.24) is 0 Å². The van der Waals surface area contributed by atoms with Gasteiger partial charge in [-0.2, -0.15) is 0 Å².